The Labute approximate surface area is 122 Å². The summed E-state index contributed by atoms with van der Waals surface area (Å²) < 4.78 is 0. The lowest BCUT2D eigenvalue weighted by molar-refractivity contribution is 0.0697. The summed E-state index contributed by atoms with van der Waals surface area (Å²) in [5.74, 6) is -1.01. The van der Waals surface area contributed by atoms with Crippen molar-refractivity contribution in [2.45, 2.75) is 30.6 Å². The summed E-state index contributed by atoms with van der Waals surface area (Å²) in [4.78, 5) is 22.8. The molecule has 5 nitrogen and oxygen atoms in total. The molecule has 2 amide bonds. The molecule has 1 aliphatic carbocycles. The number of nitrogens with one attached hydrogen (secondary N) is 2. The fourth-order valence-electron chi connectivity index (χ4n) is 2.44. The van der Waals surface area contributed by atoms with Gasteiger partial charge in [-0.1, -0.05) is 12.5 Å². The van der Waals surface area contributed by atoms with E-state index in [9.17, 15) is 9.59 Å². The van der Waals surface area contributed by atoms with Crippen LogP contribution in [0.3, 0.4) is 0 Å². The molecule has 0 saturated heterocycles. The molecule has 1 saturated carbocycles. The number of amides is 2. The van der Waals surface area contributed by atoms with E-state index in [1.807, 2.05) is 0 Å². The van der Waals surface area contributed by atoms with E-state index < -0.39 is 5.97 Å². The van der Waals surface area contributed by atoms with Crippen LogP contribution in [0.25, 0.3) is 0 Å². The summed E-state index contributed by atoms with van der Waals surface area (Å²) in [6, 6.07) is 6.13. The lowest BCUT2D eigenvalue weighted by atomic mass is 10.2. The van der Waals surface area contributed by atoms with E-state index >= 15 is 0 Å². The predicted octanol–water partition coefficient (Wildman–Crippen LogP) is 2.79. The van der Waals surface area contributed by atoms with E-state index in [1.165, 1.54) is 12.1 Å². The lowest BCUT2D eigenvalue weighted by Gasteiger charge is -2.19. The molecule has 2 rings (SSSR count). The number of anilines is 1. The number of carboxylic acid groups (broad SMARTS) is 1. The van der Waals surface area contributed by atoms with E-state index in [0.29, 0.717) is 10.9 Å². The average molecular weight is 294 g/mol. The van der Waals surface area contributed by atoms with Crippen LogP contribution in [-0.2, 0) is 0 Å². The summed E-state index contributed by atoms with van der Waals surface area (Å²) in [5, 5.41) is 15.0. The van der Waals surface area contributed by atoms with Crippen molar-refractivity contribution < 1.29 is 14.7 Å². The third kappa shape index (κ3) is 3.66. The number of aromatic carboxylic acids is 1. The summed E-state index contributed by atoms with van der Waals surface area (Å²) in [6.07, 6.45) is 5.30. The van der Waals surface area contributed by atoms with Crippen LogP contribution < -0.4 is 10.6 Å². The van der Waals surface area contributed by atoms with Gasteiger partial charge in [-0.05, 0) is 37.3 Å². The van der Waals surface area contributed by atoms with Gasteiger partial charge in [-0.3, -0.25) is 0 Å². The van der Waals surface area contributed by atoms with Crippen LogP contribution in [0.4, 0.5) is 10.5 Å². The van der Waals surface area contributed by atoms with Crippen LogP contribution in [0.15, 0.2) is 24.3 Å². The number of carboxylic acids is 1. The zero-order valence-electron chi connectivity index (χ0n) is 11.3. The standard InChI is InChI=1S/C14H18N2O3S/c1-20-12-7-3-6-11(12)16-14(19)15-10-5-2-4-9(8-10)13(17)18/h2,4-5,8,11-12H,3,6-7H2,1H3,(H,17,18)(H2,15,16,19). The SMILES string of the molecule is CSC1CCCC1NC(=O)Nc1cccc(C(=O)O)c1. The predicted molar refractivity (Wildman–Crippen MR) is 80.5 cm³/mol. The van der Waals surface area contributed by atoms with Crippen molar-refractivity contribution in [2.24, 2.45) is 0 Å². The molecule has 2 atom stereocenters. The van der Waals surface area contributed by atoms with Crippen molar-refractivity contribution >= 4 is 29.4 Å². The Kier molecular flexibility index (Phi) is 4.89. The molecule has 20 heavy (non-hydrogen) atoms. The molecule has 1 aliphatic rings. The van der Waals surface area contributed by atoms with Crippen LogP contribution in [-0.4, -0.2) is 34.7 Å². The Morgan fingerprint density at radius 1 is 1.35 bits per heavy atom. The maximum absolute atomic E-state index is 11.9. The highest BCUT2D eigenvalue weighted by Crippen LogP contribution is 2.28. The third-order valence-electron chi connectivity index (χ3n) is 3.44. The Morgan fingerprint density at radius 2 is 2.15 bits per heavy atom. The highest BCUT2D eigenvalue weighted by molar-refractivity contribution is 7.99. The molecule has 0 bridgehead atoms. The quantitative estimate of drug-likeness (QED) is 0.798. The number of carbonyl (C=O) groups is 2. The third-order valence-corrected chi connectivity index (χ3v) is 4.61. The molecule has 0 aliphatic heterocycles. The normalized spacial score (nSPS) is 21.4. The summed E-state index contributed by atoms with van der Waals surface area (Å²) >= 11 is 1.77. The van der Waals surface area contributed by atoms with E-state index in [1.54, 1.807) is 23.9 Å². The first-order chi connectivity index (χ1) is 9.60. The van der Waals surface area contributed by atoms with Crippen molar-refractivity contribution in [1.29, 1.82) is 0 Å². The van der Waals surface area contributed by atoms with Gasteiger partial charge in [0.1, 0.15) is 0 Å². The molecule has 6 heteroatoms. The first-order valence-electron chi connectivity index (χ1n) is 6.54. The van der Waals surface area contributed by atoms with Gasteiger partial charge in [-0.15, -0.1) is 0 Å². The molecular formula is C14H18N2O3S. The maximum Gasteiger partial charge on any atom is 0.335 e. The minimum atomic E-state index is -1.01. The van der Waals surface area contributed by atoms with Crippen LogP contribution >= 0.6 is 11.8 Å². The van der Waals surface area contributed by atoms with Crippen molar-refractivity contribution in [1.82, 2.24) is 5.32 Å². The van der Waals surface area contributed by atoms with E-state index in [0.717, 1.165) is 19.3 Å². The zero-order valence-corrected chi connectivity index (χ0v) is 12.1. The Bertz CT molecular complexity index is 507. The minimum Gasteiger partial charge on any atom is -0.478 e. The van der Waals surface area contributed by atoms with Crippen molar-refractivity contribution in [3.63, 3.8) is 0 Å². The first-order valence-corrected chi connectivity index (χ1v) is 7.82. The van der Waals surface area contributed by atoms with Crippen LogP contribution in [0, 0.1) is 0 Å². The summed E-state index contributed by atoms with van der Waals surface area (Å²) in [6.45, 7) is 0. The highest BCUT2D eigenvalue weighted by Gasteiger charge is 2.27. The number of thioether (sulfide) groups is 1. The number of hydrogen-bond donors (Lipinski definition) is 3. The van der Waals surface area contributed by atoms with Gasteiger partial charge in [0.15, 0.2) is 0 Å². The molecule has 0 aromatic heterocycles. The summed E-state index contributed by atoms with van der Waals surface area (Å²) in [7, 11) is 0. The largest absolute Gasteiger partial charge is 0.478 e. The van der Waals surface area contributed by atoms with Crippen molar-refractivity contribution in [3.05, 3.63) is 29.8 Å². The van der Waals surface area contributed by atoms with Gasteiger partial charge in [-0.2, -0.15) is 11.8 Å². The van der Waals surface area contributed by atoms with Gasteiger partial charge in [0.25, 0.3) is 0 Å². The van der Waals surface area contributed by atoms with Crippen molar-refractivity contribution in [2.75, 3.05) is 11.6 Å². The fourth-order valence-corrected chi connectivity index (χ4v) is 3.37. The van der Waals surface area contributed by atoms with Gasteiger partial charge in [0.2, 0.25) is 0 Å². The summed E-state index contributed by atoms with van der Waals surface area (Å²) in [5.41, 5.74) is 0.645. The highest BCUT2D eigenvalue weighted by atomic mass is 32.2. The smallest absolute Gasteiger partial charge is 0.335 e. The first kappa shape index (κ1) is 14.7. The van der Waals surface area contributed by atoms with Crippen LogP contribution in [0.1, 0.15) is 29.6 Å². The average Bonchev–Trinajstić information content (AvgIpc) is 2.86. The van der Waals surface area contributed by atoms with Crippen LogP contribution in [0.5, 0.6) is 0 Å². The van der Waals surface area contributed by atoms with Gasteiger partial charge >= 0.3 is 12.0 Å². The van der Waals surface area contributed by atoms with E-state index in [2.05, 4.69) is 16.9 Å². The molecule has 0 radical (unpaired) electrons. The Morgan fingerprint density at radius 3 is 2.85 bits per heavy atom. The molecule has 0 spiro atoms. The van der Waals surface area contributed by atoms with Gasteiger partial charge in [0, 0.05) is 17.0 Å². The van der Waals surface area contributed by atoms with Gasteiger partial charge in [-0.25, -0.2) is 9.59 Å². The lowest BCUT2D eigenvalue weighted by Crippen LogP contribution is -2.41. The molecule has 1 aromatic carbocycles. The van der Waals surface area contributed by atoms with Crippen LogP contribution in [0.2, 0.25) is 0 Å². The maximum atomic E-state index is 11.9. The second-order valence-electron chi connectivity index (χ2n) is 4.80. The van der Waals surface area contributed by atoms with E-state index in [4.69, 9.17) is 5.11 Å². The molecular weight excluding hydrogens is 276 g/mol. The van der Waals surface area contributed by atoms with Gasteiger partial charge < -0.3 is 15.7 Å². The molecule has 0 heterocycles. The Balaban J connectivity index is 1.94. The molecule has 3 N–H and O–H groups in total. The topological polar surface area (TPSA) is 78.4 Å². The monoisotopic (exact) mass is 294 g/mol. The number of benzene rings is 1. The molecule has 1 aromatic rings. The second kappa shape index (κ2) is 6.65. The number of carbonyl (C=O) groups excluding carboxylic acids is 1. The molecule has 2 unspecified atom stereocenters. The molecule has 1 fully saturated rings. The fraction of sp³-hybridized carbons (Fsp3) is 0.429. The number of hydrogen-bond acceptors (Lipinski definition) is 3. The minimum absolute atomic E-state index is 0.158. The van der Waals surface area contributed by atoms with Crippen molar-refractivity contribution in [3.8, 4) is 0 Å². The zero-order chi connectivity index (χ0) is 14.5. The Hall–Kier alpha value is -1.69. The van der Waals surface area contributed by atoms with Gasteiger partial charge in [0.05, 0.1) is 5.56 Å². The number of urea groups is 1. The number of rotatable bonds is 4. The second-order valence-corrected chi connectivity index (χ2v) is 5.87. The molecule has 108 valence electrons. The van der Waals surface area contributed by atoms with E-state index in [-0.39, 0.29) is 17.6 Å².